The maximum atomic E-state index is 4.39. The van der Waals surface area contributed by atoms with Crippen LogP contribution in [0.25, 0.3) is 0 Å². The van der Waals surface area contributed by atoms with Gasteiger partial charge >= 0.3 is 0 Å². The zero-order valence-electron chi connectivity index (χ0n) is 8.56. The van der Waals surface area contributed by atoms with Gasteiger partial charge in [0.2, 0.25) is 0 Å². The second-order valence-electron chi connectivity index (χ2n) is 3.24. The molecule has 0 aliphatic heterocycles. The van der Waals surface area contributed by atoms with Gasteiger partial charge in [-0.05, 0) is 6.92 Å². The maximum Gasteiger partial charge on any atom is 0.107 e. The van der Waals surface area contributed by atoms with Gasteiger partial charge in [-0.15, -0.1) is 22.7 Å². The molecule has 0 saturated heterocycles. The Balaban J connectivity index is 1.67. The van der Waals surface area contributed by atoms with E-state index >= 15 is 0 Å². The minimum absolute atomic E-state index is 0.865. The first-order chi connectivity index (χ1) is 7.34. The highest BCUT2D eigenvalue weighted by molar-refractivity contribution is 7.09. The number of aryl methyl sites for hydroxylation is 1. The molecule has 2 aromatic heterocycles. The third kappa shape index (κ3) is 3.37. The average molecular weight is 239 g/mol. The molecule has 0 saturated carbocycles. The van der Waals surface area contributed by atoms with Crippen molar-refractivity contribution in [2.45, 2.75) is 19.9 Å². The second-order valence-corrected chi connectivity index (χ2v) is 5.16. The van der Waals surface area contributed by atoms with Crippen LogP contribution in [0.4, 0.5) is 0 Å². The van der Waals surface area contributed by atoms with Crippen molar-refractivity contribution in [3.05, 3.63) is 32.7 Å². The Hall–Kier alpha value is -0.780. The quantitative estimate of drug-likeness (QED) is 0.813. The number of hydrogen-bond acceptors (Lipinski definition) is 5. The van der Waals surface area contributed by atoms with E-state index in [9.17, 15) is 0 Å². The first kappa shape index (κ1) is 10.7. The summed E-state index contributed by atoms with van der Waals surface area (Å²) >= 11 is 3.42. The fourth-order valence-electron chi connectivity index (χ4n) is 1.25. The minimum Gasteiger partial charge on any atom is -0.310 e. The molecule has 0 atom stereocenters. The first-order valence-corrected chi connectivity index (χ1v) is 6.60. The molecule has 15 heavy (non-hydrogen) atoms. The third-order valence-electron chi connectivity index (χ3n) is 1.94. The Kier molecular flexibility index (Phi) is 3.82. The monoisotopic (exact) mass is 239 g/mol. The van der Waals surface area contributed by atoms with Crippen LogP contribution < -0.4 is 5.32 Å². The number of nitrogens with zero attached hydrogens (tertiary/aromatic N) is 2. The molecule has 0 fully saturated rings. The van der Waals surface area contributed by atoms with Crippen LogP contribution in [0.1, 0.15) is 15.7 Å². The Morgan fingerprint density at radius 2 is 2.27 bits per heavy atom. The largest absolute Gasteiger partial charge is 0.310 e. The van der Waals surface area contributed by atoms with Crippen LogP contribution in [0.15, 0.2) is 17.0 Å². The van der Waals surface area contributed by atoms with Gasteiger partial charge in [-0.25, -0.2) is 9.97 Å². The molecule has 3 nitrogen and oxygen atoms in total. The first-order valence-electron chi connectivity index (χ1n) is 4.84. The molecule has 0 radical (unpaired) electrons. The van der Waals surface area contributed by atoms with Gasteiger partial charge in [0.1, 0.15) is 5.01 Å². The Morgan fingerprint density at radius 1 is 1.33 bits per heavy atom. The summed E-state index contributed by atoms with van der Waals surface area (Å²) in [7, 11) is 0. The van der Waals surface area contributed by atoms with Crippen LogP contribution in [0, 0.1) is 6.92 Å². The average Bonchev–Trinajstić information content (AvgIpc) is 2.84. The van der Waals surface area contributed by atoms with E-state index in [1.54, 1.807) is 22.7 Å². The highest BCUT2D eigenvalue weighted by Crippen LogP contribution is 2.08. The van der Waals surface area contributed by atoms with Crippen LogP contribution in [-0.4, -0.2) is 16.5 Å². The van der Waals surface area contributed by atoms with Crippen LogP contribution in [-0.2, 0) is 13.0 Å². The van der Waals surface area contributed by atoms with Crippen molar-refractivity contribution in [1.29, 1.82) is 0 Å². The molecule has 1 N–H and O–H groups in total. The van der Waals surface area contributed by atoms with E-state index in [2.05, 4.69) is 20.7 Å². The highest BCUT2D eigenvalue weighted by Gasteiger charge is 1.98. The summed E-state index contributed by atoms with van der Waals surface area (Å²) in [6.45, 7) is 3.85. The van der Waals surface area contributed by atoms with Crippen LogP contribution in [0.5, 0.6) is 0 Å². The molecular formula is C10H13N3S2. The maximum absolute atomic E-state index is 4.39. The Morgan fingerprint density at radius 3 is 2.93 bits per heavy atom. The predicted octanol–water partition coefficient (Wildman–Crippen LogP) is 2.24. The fraction of sp³-hybridized carbons (Fsp3) is 0.400. The highest BCUT2D eigenvalue weighted by atomic mass is 32.1. The molecule has 2 aromatic rings. The van der Waals surface area contributed by atoms with Gasteiger partial charge in [0.05, 0.1) is 5.01 Å². The van der Waals surface area contributed by atoms with E-state index in [1.165, 1.54) is 5.01 Å². The van der Waals surface area contributed by atoms with Gasteiger partial charge in [-0.1, -0.05) is 0 Å². The molecule has 80 valence electrons. The van der Waals surface area contributed by atoms with Crippen molar-refractivity contribution in [2.75, 3.05) is 6.54 Å². The van der Waals surface area contributed by atoms with E-state index in [0.717, 1.165) is 30.2 Å². The fourth-order valence-corrected chi connectivity index (χ4v) is 2.61. The van der Waals surface area contributed by atoms with E-state index in [4.69, 9.17) is 0 Å². The molecule has 2 rings (SSSR count). The van der Waals surface area contributed by atoms with Gasteiger partial charge in [-0.2, -0.15) is 0 Å². The normalized spacial score (nSPS) is 10.7. The van der Waals surface area contributed by atoms with Crippen molar-refractivity contribution < 1.29 is 0 Å². The molecule has 0 amide bonds. The summed E-state index contributed by atoms with van der Waals surface area (Å²) in [4.78, 5) is 8.62. The van der Waals surface area contributed by atoms with Crippen molar-refractivity contribution in [3.8, 4) is 0 Å². The number of thiazole rings is 2. The van der Waals surface area contributed by atoms with E-state index in [-0.39, 0.29) is 0 Å². The van der Waals surface area contributed by atoms with Crippen molar-refractivity contribution >= 4 is 22.7 Å². The predicted molar refractivity (Wildman–Crippen MR) is 64.4 cm³/mol. The molecule has 0 bridgehead atoms. The van der Waals surface area contributed by atoms with Crippen molar-refractivity contribution in [2.24, 2.45) is 0 Å². The van der Waals surface area contributed by atoms with Gasteiger partial charge in [-0.3, -0.25) is 0 Å². The summed E-state index contributed by atoms with van der Waals surface area (Å²) < 4.78 is 0. The summed E-state index contributed by atoms with van der Waals surface area (Å²) in [5.41, 5.74) is 1.11. The molecule has 0 spiro atoms. The van der Waals surface area contributed by atoms with Gasteiger partial charge < -0.3 is 5.32 Å². The third-order valence-corrected chi connectivity index (χ3v) is 3.75. The van der Waals surface area contributed by atoms with Crippen molar-refractivity contribution in [1.82, 2.24) is 15.3 Å². The zero-order chi connectivity index (χ0) is 10.5. The zero-order valence-corrected chi connectivity index (χ0v) is 10.2. The van der Waals surface area contributed by atoms with Crippen LogP contribution in [0.2, 0.25) is 0 Å². The van der Waals surface area contributed by atoms with Crippen LogP contribution >= 0.6 is 22.7 Å². The summed E-state index contributed by atoms with van der Waals surface area (Å²) in [5, 5.41) is 9.81. The topological polar surface area (TPSA) is 37.8 Å². The lowest BCUT2D eigenvalue weighted by Crippen LogP contribution is -2.16. The lowest BCUT2D eigenvalue weighted by molar-refractivity contribution is 0.681. The second kappa shape index (κ2) is 5.34. The number of hydrogen-bond donors (Lipinski definition) is 1. The summed E-state index contributed by atoms with van der Waals surface area (Å²) in [6.07, 6.45) is 2.85. The number of aromatic nitrogens is 2. The molecule has 0 aromatic carbocycles. The SMILES string of the molecule is Cc1csc(CNCCc2nccs2)n1. The molecule has 0 aliphatic carbocycles. The van der Waals surface area contributed by atoms with E-state index in [1.807, 2.05) is 18.5 Å². The minimum atomic E-state index is 0.865. The Bertz CT molecular complexity index is 394. The summed E-state index contributed by atoms with van der Waals surface area (Å²) in [5.74, 6) is 0. The van der Waals surface area contributed by atoms with Crippen molar-refractivity contribution in [3.63, 3.8) is 0 Å². The Labute approximate surface area is 97.2 Å². The number of rotatable bonds is 5. The lowest BCUT2D eigenvalue weighted by Gasteiger charge is -1.99. The molecular weight excluding hydrogens is 226 g/mol. The van der Waals surface area contributed by atoms with E-state index < -0.39 is 0 Å². The smallest absolute Gasteiger partial charge is 0.107 e. The van der Waals surface area contributed by atoms with E-state index in [0.29, 0.717) is 0 Å². The molecule has 2 heterocycles. The molecule has 0 aliphatic rings. The molecule has 5 heteroatoms. The summed E-state index contributed by atoms with van der Waals surface area (Å²) in [6, 6.07) is 0. The van der Waals surface area contributed by atoms with Crippen LogP contribution in [0.3, 0.4) is 0 Å². The molecule has 0 unspecified atom stereocenters. The number of nitrogens with one attached hydrogen (secondary N) is 1. The lowest BCUT2D eigenvalue weighted by atomic mass is 10.4. The van der Waals surface area contributed by atoms with Gasteiger partial charge in [0.25, 0.3) is 0 Å². The van der Waals surface area contributed by atoms with Gasteiger partial charge in [0.15, 0.2) is 0 Å². The standard InChI is InChI=1S/C10H13N3S2/c1-8-7-15-10(13-8)6-11-3-2-9-12-4-5-14-9/h4-5,7,11H,2-3,6H2,1H3. The van der Waals surface area contributed by atoms with Gasteiger partial charge in [0, 0.05) is 42.2 Å².